The SMILES string of the molecule is O=C(Cc1csc(N2CC(F)(F)C2)n1)Nc1nnc(C2CCCC(c3nnc(NC(=O)Cc4csc(N5CC(F)(F)C5)n4)s3)C2)s1. The first-order chi connectivity index (χ1) is 22.0. The number of rotatable bonds is 10. The number of alkyl halides is 4. The second-order valence-corrected chi connectivity index (χ2v) is 15.3. The second kappa shape index (κ2) is 12.3. The summed E-state index contributed by atoms with van der Waals surface area (Å²) in [6, 6.07) is 0. The fourth-order valence-electron chi connectivity index (χ4n) is 5.53. The summed E-state index contributed by atoms with van der Waals surface area (Å²) in [5, 5.41) is 29.3. The molecular weight excluding hydrogens is 689 g/mol. The Morgan fingerprint density at radius 2 is 1.17 bits per heavy atom. The average Bonchev–Trinajstić information content (AvgIpc) is 3.79. The zero-order chi connectivity index (χ0) is 32.1. The quantitative estimate of drug-likeness (QED) is 0.215. The van der Waals surface area contributed by atoms with Crippen molar-refractivity contribution in [1.82, 2.24) is 30.4 Å². The third-order valence-corrected chi connectivity index (χ3v) is 11.6. The lowest BCUT2D eigenvalue weighted by Crippen LogP contribution is -2.56. The Labute approximate surface area is 275 Å². The van der Waals surface area contributed by atoms with Gasteiger partial charge in [-0.05, 0) is 19.3 Å². The molecule has 46 heavy (non-hydrogen) atoms. The van der Waals surface area contributed by atoms with Crippen LogP contribution in [-0.2, 0) is 22.4 Å². The molecule has 1 saturated carbocycles. The molecule has 2 amide bonds. The lowest BCUT2D eigenvalue weighted by molar-refractivity contribution is -0.116. The van der Waals surface area contributed by atoms with Crippen molar-refractivity contribution >= 4 is 77.7 Å². The smallest absolute Gasteiger partial charge is 0.282 e. The maximum absolute atomic E-state index is 13.1. The van der Waals surface area contributed by atoms with Crippen LogP contribution in [0.25, 0.3) is 0 Å². The summed E-state index contributed by atoms with van der Waals surface area (Å²) < 4.78 is 52.6. The Morgan fingerprint density at radius 1 is 0.739 bits per heavy atom. The number of hydrogen-bond donors (Lipinski definition) is 2. The second-order valence-electron chi connectivity index (χ2n) is 11.6. The van der Waals surface area contributed by atoms with Gasteiger partial charge in [0.15, 0.2) is 10.3 Å². The number of halogens is 4. The predicted molar refractivity (Wildman–Crippen MR) is 167 cm³/mol. The number of hydrogen-bond acceptors (Lipinski definition) is 14. The van der Waals surface area contributed by atoms with Gasteiger partial charge in [-0.2, -0.15) is 0 Å². The number of thiazole rings is 2. The number of nitrogens with zero attached hydrogens (tertiary/aromatic N) is 8. The predicted octanol–water partition coefficient (Wildman–Crippen LogP) is 5.02. The lowest BCUT2D eigenvalue weighted by atomic mass is 9.82. The summed E-state index contributed by atoms with van der Waals surface area (Å²) in [6.45, 7) is -1.43. The van der Waals surface area contributed by atoms with Crippen molar-refractivity contribution in [2.45, 2.75) is 62.2 Å². The topological polar surface area (TPSA) is 142 Å². The van der Waals surface area contributed by atoms with Crippen molar-refractivity contribution in [2.75, 3.05) is 46.6 Å². The number of nitrogens with one attached hydrogen (secondary N) is 2. The Balaban J connectivity index is 0.885. The van der Waals surface area contributed by atoms with E-state index in [0.717, 1.165) is 35.7 Å². The van der Waals surface area contributed by atoms with Gasteiger partial charge in [0, 0.05) is 22.6 Å². The van der Waals surface area contributed by atoms with E-state index < -0.39 is 11.8 Å². The zero-order valence-corrected chi connectivity index (χ0v) is 27.2. The highest BCUT2D eigenvalue weighted by molar-refractivity contribution is 7.16. The molecule has 0 bridgehead atoms. The first-order valence-electron chi connectivity index (χ1n) is 14.4. The van der Waals surface area contributed by atoms with Crippen LogP contribution in [0.4, 0.5) is 38.1 Å². The Bertz CT molecular complexity index is 1600. The molecule has 0 aromatic carbocycles. The molecule has 0 radical (unpaired) electrons. The molecule has 12 nitrogen and oxygen atoms in total. The molecule has 2 atom stereocenters. The Hall–Kier alpha value is -3.36. The van der Waals surface area contributed by atoms with Crippen LogP contribution in [0.3, 0.4) is 0 Å². The van der Waals surface area contributed by atoms with Crippen LogP contribution in [0.2, 0.25) is 0 Å². The molecule has 244 valence electrons. The van der Waals surface area contributed by atoms with Crippen LogP contribution in [-0.4, -0.2) is 80.2 Å². The fraction of sp³-hybridized carbons (Fsp3) is 0.538. The van der Waals surface area contributed by atoms with E-state index in [9.17, 15) is 27.2 Å². The van der Waals surface area contributed by atoms with Gasteiger partial charge < -0.3 is 20.4 Å². The van der Waals surface area contributed by atoms with Crippen LogP contribution in [0.15, 0.2) is 10.8 Å². The summed E-state index contributed by atoms with van der Waals surface area (Å²) >= 11 is 5.12. The molecular formula is C26H26F4N10O2S4. The van der Waals surface area contributed by atoms with Crippen molar-refractivity contribution in [3.63, 3.8) is 0 Å². The van der Waals surface area contributed by atoms with Gasteiger partial charge in [0.25, 0.3) is 11.8 Å². The van der Waals surface area contributed by atoms with Crippen molar-refractivity contribution in [2.24, 2.45) is 0 Å². The highest BCUT2D eigenvalue weighted by atomic mass is 32.1. The fourth-order valence-corrected chi connectivity index (χ4v) is 9.00. The first-order valence-corrected chi connectivity index (χ1v) is 17.8. The van der Waals surface area contributed by atoms with Crippen molar-refractivity contribution in [3.8, 4) is 0 Å². The van der Waals surface area contributed by atoms with E-state index in [-0.39, 0.29) is 62.7 Å². The van der Waals surface area contributed by atoms with E-state index in [4.69, 9.17) is 0 Å². The number of anilines is 4. The summed E-state index contributed by atoms with van der Waals surface area (Å²) in [4.78, 5) is 36.8. The summed E-state index contributed by atoms with van der Waals surface area (Å²) in [6.07, 6.45) is 3.57. The minimum absolute atomic E-state index is 0.00197. The van der Waals surface area contributed by atoms with E-state index in [1.165, 1.54) is 55.1 Å². The molecule has 7 rings (SSSR count). The molecule has 3 aliphatic rings. The van der Waals surface area contributed by atoms with Crippen LogP contribution in [0.1, 0.15) is 58.9 Å². The first kappa shape index (κ1) is 31.3. The lowest BCUT2D eigenvalue weighted by Gasteiger charge is -2.38. The van der Waals surface area contributed by atoms with E-state index in [1.54, 1.807) is 10.8 Å². The van der Waals surface area contributed by atoms with Gasteiger partial charge in [0.05, 0.1) is 50.4 Å². The summed E-state index contributed by atoms with van der Waals surface area (Å²) in [5.41, 5.74) is 1.02. The van der Waals surface area contributed by atoms with Crippen LogP contribution in [0.5, 0.6) is 0 Å². The monoisotopic (exact) mass is 714 g/mol. The van der Waals surface area contributed by atoms with Crippen LogP contribution in [0, 0.1) is 0 Å². The molecule has 4 aromatic heterocycles. The van der Waals surface area contributed by atoms with Crippen molar-refractivity contribution in [1.29, 1.82) is 0 Å². The molecule has 3 fully saturated rings. The Kier molecular flexibility index (Phi) is 8.39. The minimum Gasteiger partial charge on any atom is -0.336 e. The summed E-state index contributed by atoms with van der Waals surface area (Å²) in [7, 11) is 0. The van der Waals surface area contributed by atoms with Gasteiger partial charge >= 0.3 is 0 Å². The van der Waals surface area contributed by atoms with Gasteiger partial charge in [-0.25, -0.2) is 27.5 Å². The molecule has 2 unspecified atom stereocenters. The molecule has 20 heteroatoms. The van der Waals surface area contributed by atoms with Crippen molar-refractivity contribution in [3.05, 3.63) is 32.2 Å². The third kappa shape index (κ3) is 7.13. The van der Waals surface area contributed by atoms with Gasteiger partial charge in [-0.1, -0.05) is 29.1 Å². The highest BCUT2D eigenvalue weighted by Gasteiger charge is 2.46. The van der Waals surface area contributed by atoms with Gasteiger partial charge in [0.1, 0.15) is 10.0 Å². The summed E-state index contributed by atoms with van der Waals surface area (Å²) in [5.74, 6) is -5.74. The van der Waals surface area contributed by atoms with Crippen LogP contribution < -0.4 is 20.4 Å². The van der Waals surface area contributed by atoms with E-state index in [2.05, 4.69) is 41.0 Å². The molecule has 2 N–H and O–H groups in total. The number of aromatic nitrogens is 6. The van der Waals surface area contributed by atoms with E-state index in [1.807, 2.05) is 0 Å². The largest absolute Gasteiger partial charge is 0.336 e. The number of amides is 2. The molecule has 2 saturated heterocycles. The molecule has 2 aliphatic heterocycles. The van der Waals surface area contributed by atoms with Crippen molar-refractivity contribution < 1.29 is 27.2 Å². The highest BCUT2D eigenvalue weighted by Crippen LogP contribution is 2.43. The molecule has 0 spiro atoms. The number of carbonyl (C=O) groups excluding carboxylic acids is 2. The zero-order valence-electron chi connectivity index (χ0n) is 23.9. The van der Waals surface area contributed by atoms with E-state index >= 15 is 0 Å². The third-order valence-electron chi connectivity index (χ3n) is 7.74. The normalized spacial score (nSPS) is 21.8. The Morgan fingerprint density at radius 3 is 1.59 bits per heavy atom. The standard InChI is InChI=1S/C26H26F4N10O2S4/c27-25(28)9-39(10-25)23-31-15(7-43-23)5-17(41)33-21-37-35-19(45-21)13-2-1-3-14(4-13)20-36-38-22(46-20)34-18(42)6-16-8-44-24(32-16)40-11-26(29,30)12-40/h7-8,13-14H,1-6,9-12H2,(H,33,37,41)(H,34,38,42). The van der Waals surface area contributed by atoms with Gasteiger partial charge in [-0.3, -0.25) is 9.59 Å². The van der Waals surface area contributed by atoms with Gasteiger partial charge in [-0.15, -0.1) is 43.1 Å². The maximum atomic E-state index is 13.1. The molecule has 6 heterocycles. The number of carbonyl (C=O) groups is 2. The van der Waals surface area contributed by atoms with Crippen LogP contribution >= 0.6 is 45.3 Å². The molecule has 1 aliphatic carbocycles. The average molecular weight is 715 g/mol. The minimum atomic E-state index is -2.69. The van der Waals surface area contributed by atoms with Gasteiger partial charge in [0.2, 0.25) is 22.1 Å². The van der Waals surface area contributed by atoms with E-state index in [0.29, 0.717) is 31.9 Å². The maximum Gasteiger partial charge on any atom is 0.282 e. The molecule has 4 aromatic rings.